The lowest BCUT2D eigenvalue weighted by Crippen LogP contribution is -2.17. The summed E-state index contributed by atoms with van der Waals surface area (Å²) in [6, 6.07) is 5.90. The van der Waals surface area contributed by atoms with Gasteiger partial charge in [0.05, 0.1) is 5.56 Å². The summed E-state index contributed by atoms with van der Waals surface area (Å²) in [7, 11) is -4.01. The highest BCUT2D eigenvalue weighted by molar-refractivity contribution is 7.90. The maximum Gasteiger partial charge on any atom is 0.573 e. The molecule has 5 nitrogen and oxygen atoms in total. The van der Waals surface area contributed by atoms with Crippen LogP contribution >= 0.6 is 0 Å². The molecule has 29 heavy (non-hydrogen) atoms. The van der Waals surface area contributed by atoms with Gasteiger partial charge < -0.3 is 9.26 Å². The molecule has 0 fully saturated rings. The van der Waals surface area contributed by atoms with Crippen LogP contribution in [0, 0.1) is 18.6 Å². The first-order valence-electron chi connectivity index (χ1n) is 7.89. The van der Waals surface area contributed by atoms with Crippen LogP contribution in [0.1, 0.15) is 5.76 Å². The van der Waals surface area contributed by atoms with Crippen LogP contribution in [0.25, 0.3) is 22.4 Å². The number of aryl methyl sites for hydroxylation is 1. The molecule has 0 saturated carbocycles. The average molecular weight is 433 g/mol. The van der Waals surface area contributed by atoms with Gasteiger partial charge in [-0.15, -0.1) is 13.2 Å². The molecule has 0 unspecified atom stereocenters. The molecule has 0 bridgehead atoms. The van der Waals surface area contributed by atoms with Crippen LogP contribution in [0.3, 0.4) is 0 Å². The number of sulfone groups is 1. The summed E-state index contributed by atoms with van der Waals surface area (Å²) in [6.45, 7) is 1.39. The predicted molar refractivity (Wildman–Crippen MR) is 91.8 cm³/mol. The number of hydrogen-bond acceptors (Lipinski definition) is 5. The Morgan fingerprint density at radius 3 is 2.38 bits per heavy atom. The number of benzene rings is 2. The maximum absolute atomic E-state index is 14.6. The molecule has 0 amide bonds. The minimum Gasteiger partial charge on any atom is -0.406 e. The van der Waals surface area contributed by atoms with E-state index in [-0.39, 0.29) is 28.1 Å². The van der Waals surface area contributed by atoms with Crippen molar-refractivity contribution in [2.75, 3.05) is 6.26 Å². The van der Waals surface area contributed by atoms with E-state index in [2.05, 4.69) is 9.89 Å². The number of halogens is 5. The minimum atomic E-state index is -4.92. The van der Waals surface area contributed by atoms with Gasteiger partial charge in [-0.2, -0.15) is 0 Å². The van der Waals surface area contributed by atoms with Gasteiger partial charge in [-0.25, -0.2) is 17.2 Å². The molecule has 1 aromatic heterocycles. The highest BCUT2D eigenvalue weighted by Gasteiger charge is 2.31. The molecule has 0 N–H and O–H groups in total. The Labute approximate surface area is 161 Å². The predicted octanol–water partition coefficient (Wildman–Crippen LogP) is 4.90. The van der Waals surface area contributed by atoms with E-state index >= 15 is 0 Å². The van der Waals surface area contributed by atoms with Crippen molar-refractivity contribution in [3.8, 4) is 28.1 Å². The second kappa shape index (κ2) is 7.14. The molecule has 3 aromatic rings. The normalized spacial score (nSPS) is 12.2. The van der Waals surface area contributed by atoms with Gasteiger partial charge in [0.1, 0.15) is 33.7 Å². The summed E-state index contributed by atoms with van der Waals surface area (Å²) < 4.78 is 98.3. The summed E-state index contributed by atoms with van der Waals surface area (Å²) in [5, 5.41) is 3.72. The second-order valence-corrected chi connectivity index (χ2v) is 8.06. The molecule has 0 radical (unpaired) electrons. The third kappa shape index (κ3) is 4.39. The van der Waals surface area contributed by atoms with E-state index in [1.807, 2.05) is 0 Å². The lowest BCUT2D eigenvalue weighted by Gasteiger charge is -2.10. The van der Waals surface area contributed by atoms with E-state index < -0.39 is 38.5 Å². The highest BCUT2D eigenvalue weighted by Crippen LogP contribution is 2.38. The molecular weight excluding hydrogens is 421 g/mol. The Morgan fingerprint density at radius 1 is 1.07 bits per heavy atom. The molecule has 11 heteroatoms. The molecular formula is C18H12F5NO4S. The molecule has 1 heterocycles. The summed E-state index contributed by atoms with van der Waals surface area (Å²) in [4.78, 5) is -0.824. The van der Waals surface area contributed by atoms with Crippen LogP contribution in [0.4, 0.5) is 22.0 Å². The first-order valence-corrected chi connectivity index (χ1v) is 9.78. The number of hydrogen-bond donors (Lipinski definition) is 0. The first-order chi connectivity index (χ1) is 13.4. The zero-order valence-electron chi connectivity index (χ0n) is 14.8. The van der Waals surface area contributed by atoms with E-state index in [0.29, 0.717) is 12.1 Å². The Hall–Kier alpha value is -2.95. The molecule has 0 aliphatic carbocycles. The molecule has 0 saturated heterocycles. The summed E-state index contributed by atoms with van der Waals surface area (Å²) in [6.07, 6.45) is -4.19. The van der Waals surface area contributed by atoms with E-state index in [4.69, 9.17) is 4.52 Å². The number of nitrogens with zero attached hydrogens (tertiary/aromatic N) is 1. The van der Waals surface area contributed by atoms with Crippen molar-refractivity contribution in [3.05, 3.63) is 53.8 Å². The van der Waals surface area contributed by atoms with Crippen LogP contribution in [-0.4, -0.2) is 26.2 Å². The molecule has 0 atom stereocenters. The van der Waals surface area contributed by atoms with Crippen molar-refractivity contribution >= 4 is 9.84 Å². The highest BCUT2D eigenvalue weighted by atomic mass is 32.2. The fourth-order valence-electron chi connectivity index (χ4n) is 2.73. The molecule has 0 aliphatic heterocycles. The second-order valence-electron chi connectivity index (χ2n) is 6.07. The van der Waals surface area contributed by atoms with Crippen molar-refractivity contribution in [1.82, 2.24) is 5.16 Å². The quantitative estimate of drug-likeness (QED) is 0.548. The van der Waals surface area contributed by atoms with E-state index in [1.54, 1.807) is 0 Å². The Morgan fingerprint density at radius 2 is 1.76 bits per heavy atom. The van der Waals surface area contributed by atoms with Crippen molar-refractivity contribution in [3.63, 3.8) is 0 Å². The molecule has 0 spiro atoms. The van der Waals surface area contributed by atoms with Crippen molar-refractivity contribution in [2.24, 2.45) is 0 Å². The lowest BCUT2D eigenvalue weighted by molar-refractivity contribution is -0.274. The summed E-state index contributed by atoms with van der Waals surface area (Å²) in [5.74, 6) is -2.75. The van der Waals surface area contributed by atoms with E-state index in [9.17, 15) is 30.4 Å². The number of alkyl halides is 3. The summed E-state index contributed by atoms with van der Waals surface area (Å²) >= 11 is 0. The van der Waals surface area contributed by atoms with Crippen LogP contribution in [0.2, 0.25) is 0 Å². The molecule has 0 aliphatic rings. The van der Waals surface area contributed by atoms with Gasteiger partial charge >= 0.3 is 6.36 Å². The Bertz CT molecular complexity index is 1190. The molecule has 2 aromatic carbocycles. The number of aromatic nitrogens is 1. The van der Waals surface area contributed by atoms with E-state index in [0.717, 1.165) is 18.4 Å². The van der Waals surface area contributed by atoms with Gasteiger partial charge in [0, 0.05) is 17.4 Å². The van der Waals surface area contributed by atoms with Gasteiger partial charge in [0.2, 0.25) is 0 Å². The maximum atomic E-state index is 14.6. The summed E-state index contributed by atoms with van der Waals surface area (Å²) in [5.41, 5.74) is -0.373. The third-order valence-electron chi connectivity index (χ3n) is 3.89. The molecule has 3 rings (SSSR count). The van der Waals surface area contributed by atoms with Gasteiger partial charge in [0.15, 0.2) is 9.84 Å². The Balaban J connectivity index is 2.16. The smallest absolute Gasteiger partial charge is 0.406 e. The molecule has 154 valence electrons. The van der Waals surface area contributed by atoms with Crippen molar-refractivity contribution < 1.29 is 39.6 Å². The van der Waals surface area contributed by atoms with Gasteiger partial charge in [-0.1, -0.05) is 17.3 Å². The van der Waals surface area contributed by atoms with Crippen molar-refractivity contribution in [2.45, 2.75) is 18.2 Å². The fourth-order valence-corrected chi connectivity index (χ4v) is 3.46. The average Bonchev–Trinajstić information content (AvgIpc) is 2.96. The number of ether oxygens (including phenoxy) is 1. The van der Waals surface area contributed by atoms with Crippen LogP contribution in [0.5, 0.6) is 5.75 Å². The fraction of sp³-hybridized carbons (Fsp3) is 0.167. The standard InChI is InChI=1S/C18H12F5NO4S/c1-9-16(12-7-14(20)15(8-13(12)19)29(2,25)26)17(24-28-9)10-4-3-5-11(6-10)27-18(21,22)23/h3-8H,1-2H3. The van der Waals surface area contributed by atoms with Crippen LogP contribution < -0.4 is 4.74 Å². The lowest BCUT2D eigenvalue weighted by atomic mass is 9.99. The number of rotatable bonds is 4. The SMILES string of the molecule is Cc1onc(-c2cccc(OC(F)(F)F)c2)c1-c1cc(F)c(S(C)(=O)=O)cc1F. The topological polar surface area (TPSA) is 69.4 Å². The van der Waals surface area contributed by atoms with Gasteiger partial charge in [0.25, 0.3) is 0 Å². The van der Waals surface area contributed by atoms with Crippen molar-refractivity contribution in [1.29, 1.82) is 0 Å². The van der Waals surface area contributed by atoms with Crippen LogP contribution in [0.15, 0.2) is 45.8 Å². The zero-order chi connectivity index (χ0) is 21.6. The first kappa shape index (κ1) is 20.8. The minimum absolute atomic E-state index is 0.0365. The largest absolute Gasteiger partial charge is 0.573 e. The van der Waals surface area contributed by atoms with Gasteiger partial charge in [-0.05, 0) is 31.2 Å². The third-order valence-corrected chi connectivity index (χ3v) is 5.01. The van der Waals surface area contributed by atoms with Crippen LogP contribution in [-0.2, 0) is 9.84 Å². The van der Waals surface area contributed by atoms with E-state index in [1.165, 1.54) is 19.1 Å². The van der Waals surface area contributed by atoms with Gasteiger partial charge in [-0.3, -0.25) is 0 Å². The Kier molecular flexibility index (Phi) is 5.11. The zero-order valence-corrected chi connectivity index (χ0v) is 15.7. The monoisotopic (exact) mass is 433 g/mol.